The van der Waals surface area contributed by atoms with Crippen molar-refractivity contribution in [3.05, 3.63) is 54.4 Å². The number of imidazole rings is 1. The first-order valence-electron chi connectivity index (χ1n) is 11.1. The van der Waals surface area contributed by atoms with Gasteiger partial charge in [-0.1, -0.05) is 26.0 Å². The molecule has 1 amide bonds. The summed E-state index contributed by atoms with van der Waals surface area (Å²) in [7, 11) is 1.65. The van der Waals surface area contributed by atoms with Crippen LogP contribution in [-0.2, 0) is 11.3 Å². The Bertz CT molecular complexity index is 977. The molecule has 0 saturated carbocycles. The number of carbonyl (C=O) groups is 1. The fourth-order valence-electron chi connectivity index (χ4n) is 3.80. The minimum Gasteiger partial charge on any atom is -0.497 e. The SMILES string of the molecule is CCC(CC)C(=O)NC(C)c1nc2ccccc2n1CCCOc1ccc(OC)cc1. The van der Waals surface area contributed by atoms with Crippen LogP contribution in [-0.4, -0.2) is 29.2 Å². The predicted octanol–water partition coefficient (Wildman–Crippen LogP) is 5.13. The second-order valence-electron chi connectivity index (χ2n) is 7.73. The van der Waals surface area contributed by atoms with Gasteiger partial charge < -0.3 is 19.4 Å². The Morgan fingerprint density at radius 3 is 2.42 bits per heavy atom. The zero-order chi connectivity index (χ0) is 22.2. The standard InChI is InChI=1S/C25H33N3O3/c1-5-19(6-2)25(29)26-18(3)24-27-22-10-7-8-11-23(22)28(24)16-9-17-31-21-14-12-20(30-4)13-15-21/h7-8,10-15,18-19H,5-6,9,16-17H2,1-4H3,(H,26,29). The molecule has 31 heavy (non-hydrogen) atoms. The predicted molar refractivity (Wildman–Crippen MR) is 123 cm³/mol. The van der Waals surface area contributed by atoms with Crippen LogP contribution in [0.4, 0.5) is 0 Å². The van der Waals surface area contributed by atoms with Gasteiger partial charge in [0.05, 0.1) is 30.8 Å². The Kier molecular flexibility index (Phi) is 7.93. The van der Waals surface area contributed by atoms with Crippen LogP contribution in [0.5, 0.6) is 11.5 Å². The third kappa shape index (κ3) is 5.57. The molecule has 0 spiro atoms. The molecule has 0 aliphatic heterocycles. The van der Waals surface area contributed by atoms with Crippen LogP contribution in [0.2, 0.25) is 0 Å². The second-order valence-corrected chi connectivity index (χ2v) is 7.73. The molecule has 1 atom stereocenters. The lowest BCUT2D eigenvalue weighted by atomic mass is 10.0. The molecular formula is C25H33N3O3. The second kappa shape index (κ2) is 10.8. The first-order chi connectivity index (χ1) is 15.1. The highest BCUT2D eigenvalue weighted by molar-refractivity contribution is 5.79. The molecule has 1 heterocycles. The molecule has 3 aromatic rings. The molecule has 2 aromatic carbocycles. The molecule has 1 N–H and O–H groups in total. The van der Waals surface area contributed by atoms with Gasteiger partial charge in [0.25, 0.3) is 0 Å². The minimum atomic E-state index is -0.164. The molecule has 1 aromatic heterocycles. The van der Waals surface area contributed by atoms with Crippen LogP contribution in [0.3, 0.4) is 0 Å². The summed E-state index contributed by atoms with van der Waals surface area (Å²) in [6.07, 6.45) is 2.51. The number of rotatable bonds is 11. The lowest BCUT2D eigenvalue weighted by molar-refractivity contribution is -0.125. The van der Waals surface area contributed by atoms with E-state index in [-0.39, 0.29) is 17.9 Å². The van der Waals surface area contributed by atoms with E-state index >= 15 is 0 Å². The van der Waals surface area contributed by atoms with Crippen LogP contribution < -0.4 is 14.8 Å². The smallest absolute Gasteiger partial charge is 0.223 e. The van der Waals surface area contributed by atoms with Crippen molar-refractivity contribution in [1.29, 1.82) is 0 Å². The maximum Gasteiger partial charge on any atom is 0.223 e. The Morgan fingerprint density at radius 2 is 1.74 bits per heavy atom. The van der Waals surface area contributed by atoms with E-state index in [1.54, 1.807) is 7.11 Å². The van der Waals surface area contributed by atoms with Crippen LogP contribution in [0.15, 0.2) is 48.5 Å². The highest BCUT2D eigenvalue weighted by Gasteiger charge is 2.21. The summed E-state index contributed by atoms with van der Waals surface area (Å²) in [5.74, 6) is 2.65. The highest BCUT2D eigenvalue weighted by atomic mass is 16.5. The summed E-state index contributed by atoms with van der Waals surface area (Å²) in [4.78, 5) is 17.4. The van der Waals surface area contributed by atoms with Gasteiger partial charge in [0.15, 0.2) is 0 Å². The number of amides is 1. The van der Waals surface area contributed by atoms with Gasteiger partial charge in [-0.25, -0.2) is 4.98 Å². The minimum absolute atomic E-state index is 0.0400. The van der Waals surface area contributed by atoms with Crippen molar-refractivity contribution in [3.8, 4) is 11.5 Å². The number of aromatic nitrogens is 2. The molecule has 0 radical (unpaired) electrons. The van der Waals surface area contributed by atoms with E-state index in [1.165, 1.54) is 0 Å². The number of hydrogen-bond donors (Lipinski definition) is 1. The largest absolute Gasteiger partial charge is 0.497 e. The van der Waals surface area contributed by atoms with Crippen LogP contribution >= 0.6 is 0 Å². The van der Waals surface area contributed by atoms with Gasteiger partial charge in [-0.15, -0.1) is 0 Å². The zero-order valence-electron chi connectivity index (χ0n) is 18.9. The van der Waals surface area contributed by atoms with E-state index in [1.807, 2.05) is 49.4 Å². The average Bonchev–Trinajstić information content (AvgIpc) is 3.16. The topological polar surface area (TPSA) is 65.4 Å². The number of aryl methyl sites for hydroxylation is 1. The van der Waals surface area contributed by atoms with Crippen molar-refractivity contribution in [2.45, 2.75) is 52.6 Å². The van der Waals surface area contributed by atoms with Crippen LogP contribution in [0, 0.1) is 5.92 Å². The summed E-state index contributed by atoms with van der Waals surface area (Å²) >= 11 is 0. The van der Waals surface area contributed by atoms with Gasteiger partial charge in [-0.05, 0) is 62.6 Å². The number of nitrogens with zero attached hydrogens (tertiary/aromatic N) is 2. The summed E-state index contributed by atoms with van der Waals surface area (Å²) in [6, 6.07) is 15.5. The summed E-state index contributed by atoms with van der Waals surface area (Å²) < 4.78 is 13.3. The summed E-state index contributed by atoms with van der Waals surface area (Å²) in [6.45, 7) is 7.46. The van der Waals surface area contributed by atoms with Crippen LogP contribution in [0.25, 0.3) is 11.0 Å². The number of methoxy groups -OCH3 is 1. The van der Waals surface area contributed by atoms with Crippen LogP contribution in [0.1, 0.15) is 51.9 Å². The van der Waals surface area contributed by atoms with Gasteiger partial charge in [0.2, 0.25) is 5.91 Å². The fourth-order valence-corrected chi connectivity index (χ4v) is 3.80. The van der Waals surface area contributed by atoms with E-state index < -0.39 is 0 Å². The van der Waals surface area contributed by atoms with Crippen molar-refractivity contribution in [2.24, 2.45) is 5.92 Å². The Hall–Kier alpha value is -3.02. The molecule has 0 fully saturated rings. The number of nitrogens with one attached hydrogen (secondary N) is 1. The number of benzene rings is 2. The quantitative estimate of drug-likeness (QED) is 0.434. The molecule has 3 rings (SSSR count). The maximum atomic E-state index is 12.6. The Balaban J connectivity index is 1.69. The van der Waals surface area contributed by atoms with Crippen molar-refractivity contribution < 1.29 is 14.3 Å². The lowest BCUT2D eigenvalue weighted by Crippen LogP contribution is -2.33. The average molecular weight is 424 g/mol. The molecule has 6 heteroatoms. The number of carbonyl (C=O) groups excluding carboxylic acids is 1. The van der Waals surface area contributed by atoms with E-state index in [0.717, 1.165) is 54.2 Å². The van der Waals surface area contributed by atoms with Gasteiger partial charge in [-0.3, -0.25) is 4.79 Å². The first kappa shape index (κ1) is 22.7. The normalized spacial score (nSPS) is 12.2. The van der Waals surface area contributed by atoms with E-state index in [0.29, 0.717) is 6.61 Å². The molecule has 1 unspecified atom stereocenters. The monoisotopic (exact) mass is 423 g/mol. The van der Waals surface area contributed by atoms with E-state index in [4.69, 9.17) is 14.5 Å². The number of para-hydroxylation sites is 2. The Morgan fingerprint density at radius 1 is 1.06 bits per heavy atom. The Labute approximate surface area is 184 Å². The molecule has 166 valence electrons. The molecule has 0 bridgehead atoms. The van der Waals surface area contributed by atoms with Gasteiger partial charge in [-0.2, -0.15) is 0 Å². The third-order valence-corrected chi connectivity index (χ3v) is 5.64. The zero-order valence-corrected chi connectivity index (χ0v) is 18.9. The van der Waals surface area contributed by atoms with Crippen molar-refractivity contribution in [2.75, 3.05) is 13.7 Å². The fraction of sp³-hybridized carbons (Fsp3) is 0.440. The summed E-state index contributed by atoms with van der Waals surface area (Å²) in [5.41, 5.74) is 2.02. The van der Waals surface area contributed by atoms with Gasteiger partial charge >= 0.3 is 0 Å². The number of hydrogen-bond acceptors (Lipinski definition) is 4. The van der Waals surface area contributed by atoms with Crippen molar-refractivity contribution in [1.82, 2.24) is 14.9 Å². The molecule has 6 nitrogen and oxygen atoms in total. The molecule has 0 aliphatic carbocycles. The van der Waals surface area contributed by atoms with E-state index in [9.17, 15) is 4.79 Å². The third-order valence-electron chi connectivity index (χ3n) is 5.64. The van der Waals surface area contributed by atoms with Gasteiger partial charge in [0.1, 0.15) is 17.3 Å². The van der Waals surface area contributed by atoms with Crippen molar-refractivity contribution in [3.63, 3.8) is 0 Å². The van der Waals surface area contributed by atoms with Crippen molar-refractivity contribution >= 4 is 16.9 Å². The summed E-state index contributed by atoms with van der Waals surface area (Å²) in [5, 5.41) is 3.16. The van der Waals surface area contributed by atoms with E-state index in [2.05, 4.69) is 29.8 Å². The highest BCUT2D eigenvalue weighted by Crippen LogP contribution is 2.23. The molecule has 0 aliphatic rings. The lowest BCUT2D eigenvalue weighted by Gasteiger charge is -2.19. The molecule has 0 saturated heterocycles. The first-order valence-corrected chi connectivity index (χ1v) is 11.1. The van der Waals surface area contributed by atoms with Gasteiger partial charge in [0, 0.05) is 12.5 Å². The maximum absolute atomic E-state index is 12.6. The number of fused-ring (bicyclic) bond motifs is 1. The molecular weight excluding hydrogens is 390 g/mol. The number of ether oxygens (including phenoxy) is 2.